The fourth-order valence-corrected chi connectivity index (χ4v) is 8.14. The van der Waals surface area contributed by atoms with E-state index in [1.165, 1.54) is 22.9 Å². The Kier molecular flexibility index (Phi) is 10.7. The van der Waals surface area contributed by atoms with Crippen molar-refractivity contribution in [2.24, 2.45) is 11.8 Å². The molecular weight excluding hydrogens is 611 g/mol. The zero-order valence-corrected chi connectivity index (χ0v) is 27.6. The first-order chi connectivity index (χ1) is 20.1. The quantitative estimate of drug-likeness (QED) is 0.362. The number of benzene rings is 2. The van der Waals surface area contributed by atoms with Crippen LogP contribution in [0.2, 0.25) is 0 Å². The van der Waals surface area contributed by atoms with Crippen molar-refractivity contribution in [2.45, 2.75) is 48.3 Å². The van der Waals surface area contributed by atoms with Gasteiger partial charge in [0.2, 0.25) is 15.9 Å². The van der Waals surface area contributed by atoms with Crippen molar-refractivity contribution in [3.63, 3.8) is 0 Å². The lowest BCUT2D eigenvalue weighted by Crippen LogP contribution is -2.45. The van der Waals surface area contributed by atoms with Crippen LogP contribution in [0.15, 0.2) is 58.3 Å². The zero-order valence-electron chi connectivity index (χ0n) is 25.2. The van der Waals surface area contributed by atoms with E-state index in [1.54, 1.807) is 35.2 Å². The number of nitrogens with zero attached hydrogens (tertiary/aromatic N) is 3. The highest BCUT2D eigenvalue weighted by Gasteiger charge is 2.32. The summed E-state index contributed by atoms with van der Waals surface area (Å²) in [5.74, 6) is 0.0940. The molecule has 0 aliphatic carbocycles. The van der Waals surface area contributed by atoms with Gasteiger partial charge in [-0.3, -0.25) is 4.79 Å². The topological polar surface area (TPSA) is 129 Å². The first-order valence-corrected chi connectivity index (χ1v) is 20.3. The number of hydrogen-bond donors (Lipinski definition) is 0. The molecule has 0 spiro atoms. The van der Waals surface area contributed by atoms with Gasteiger partial charge in [-0.1, -0.05) is 18.2 Å². The number of piperidine rings is 2. The lowest BCUT2D eigenvalue weighted by Gasteiger charge is -2.35. The number of likely N-dealkylation sites (tertiary alicyclic amines) is 1. The van der Waals surface area contributed by atoms with Gasteiger partial charge in [0, 0.05) is 43.8 Å². The van der Waals surface area contributed by atoms with Crippen LogP contribution in [-0.2, 0) is 40.9 Å². The second kappa shape index (κ2) is 13.8. The second-order valence-corrected chi connectivity index (χ2v) is 18.0. The Morgan fingerprint density at radius 2 is 1.40 bits per heavy atom. The van der Waals surface area contributed by atoms with Crippen LogP contribution >= 0.6 is 0 Å². The normalized spacial score (nSPS) is 18.5. The number of sulfone groups is 2. The van der Waals surface area contributed by atoms with Crippen molar-refractivity contribution in [1.29, 1.82) is 0 Å². The van der Waals surface area contributed by atoms with Gasteiger partial charge < -0.3 is 9.80 Å². The molecule has 2 aromatic rings. The molecule has 0 saturated carbocycles. The van der Waals surface area contributed by atoms with E-state index < -0.39 is 29.7 Å². The highest BCUT2D eigenvalue weighted by Crippen LogP contribution is 2.27. The Bertz CT molecular complexity index is 1590. The Morgan fingerprint density at radius 3 is 1.95 bits per heavy atom. The number of carbonyl (C=O) groups excluding carboxylic acids is 1. The van der Waals surface area contributed by atoms with Gasteiger partial charge in [0.05, 0.1) is 16.0 Å². The van der Waals surface area contributed by atoms with Crippen LogP contribution < -0.4 is 4.90 Å². The molecule has 238 valence electrons. The van der Waals surface area contributed by atoms with Crippen LogP contribution in [0, 0.1) is 11.8 Å². The van der Waals surface area contributed by atoms with Crippen LogP contribution in [0.3, 0.4) is 0 Å². The van der Waals surface area contributed by atoms with Gasteiger partial charge in [-0.05, 0) is 100.0 Å². The maximum absolute atomic E-state index is 13.8. The number of amides is 1. The maximum atomic E-state index is 13.8. The summed E-state index contributed by atoms with van der Waals surface area (Å²) in [5.41, 5.74) is 1.68. The van der Waals surface area contributed by atoms with E-state index in [4.69, 9.17) is 0 Å². The molecule has 0 unspecified atom stereocenters. The average molecular weight is 654 g/mol. The first-order valence-electron chi connectivity index (χ1n) is 14.7. The van der Waals surface area contributed by atoms with E-state index in [1.807, 2.05) is 12.1 Å². The standard InChI is InChI=1S/C30H43N3O7S3/c1-41(35,36)28-10-8-24(9-11-28)22-25-12-18-31(19-13-25)16-5-17-33(27-6-4-7-29(23-27)42(2,37)38)30(34)26-14-20-32(21-15-26)43(3,39)40/h4,6-11,23,25-26H,5,12-22H2,1-3H3. The van der Waals surface area contributed by atoms with Gasteiger partial charge in [0.15, 0.2) is 19.7 Å². The summed E-state index contributed by atoms with van der Waals surface area (Å²) in [7, 11) is -9.97. The van der Waals surface area contributed by atoms with E-state index in [9.17, 15) is 30.0 Å². The monoisotopic (exact) mass is 653 g/mol. The molecule has 4 rings (SSSR count). The molecule has 0 radical (unpaired) electrons. The van der Waals surface area contributed by atoms with Crippen molar-refractivity contribution in [1.82, 2.24) is 9.21 Å². The maximum Gasteiger partial charge on any atom is 0.230 e. The molecule has 2 saturated heterocycles. The number of sulfonamides is 1. The van der Waals surface area contributed by atoms with Gasteiger partial charge in [0.1, 0.15) is 0 Å². The highest BCUT2D eigenvalue weighted by molar-refractivity contribution is 7.91. The van der Waals surface area contributed by atoms with Crippen molar-refractivity contribution in [3.8, 4) is 0 Å². The molecule has 2 aromatic carbocycles. The van der Waals surface area contributed by atoms with E-state index in [-0.39, 0.29) is 16.7 Å². The van der Waals surface area contributed by atoms with Crippen LogP contribution in [0.1, 0.15) is 37.7 Å². The smallest absolute Gasteiger partial charge is 0.230 e. The van der Waals surface area contributed by atoms with Gasteiger partial charge in [0.25, 0.3) is 0 Å². The summed E-state index contributed by atoms with van der Waals surface area (Å²) in [4.78, 5) is 18.3. The molecule has 10 nitrogen and oxygen atoms in total. The Hall–Kier alpha value is -2.32. The Labute approximate surface area is 256 Å². The number of rotatable bonds is 11. The van der Waals surface area contributed by atoms with Crippen LogP contribution in [0.5, 0.6) is 0 Å². The fraction of sp³-hybridized carbons (Fsp3) is 0.567. The second-order valence-electron chi connectivity index (χ2n) is 12.0. The number of anilines is 1. The third-order valence-corrected chi connectivity index (χ3v) is 12.1. The molecule has 2 aliphatic heterocycles. The van der Waals surface area contributed by atoms with Gasteiger partial charge in [-0.15, -0.1) is 0 Å². The van der Waals surface area contributed by atoms with Crippen molar-refractivity contribution in [2.75, 3.05) is 62.9 Å². The lowest BCUT2D eigenvalue weighted by molar-refractivity contribution is -0.123. The number of carbonyl (C=O) groups is 1. The van der Waals surface area contributed by atoms with E-state index in [0.29, 0.717) is 55.4 Å². The predicted octanol–water partition coefficient (Wildman–Crippen LogP) is 2.84. The van der Waals surface area contributed by atoms with Crippen LogP contribution in [-0.4, -0.2) is 98.4 Å². The summed E-state index contributed by atoms with van der Waals surface area (Å²) < 4.78 is 73.2. The molecular formula is C30H43N3O7S3. The minimum atomic E-state index is -3.45. The van der Waals surface area contributed by atoms with E-state index in [2.05, 4.69) is 4.90 Å². The van der Waals surface area contributed by atoms with Gasteiger partial charge in [-0.25, -0.2) is 29.6 Å². The van der Waals surface area contributed by atoms with Crippen molar-refractivity contribution >= 4 is 41.3 Å². The third kappa shape index (κ3) is 9.34. The van der Waals surface area contributed by atoms with Crippen molar-refractivity contribution < 1.29 is 30.0 Å². The molecule has 13 heteroatoms. The first kappa shape index (κ1) is 33.6. The summed E-state index contributed by atoms with van der Waals surface area (Å²) in [6, 6.07) is 13.6. The molecule has 0 aromatic heterocycles. The zero-order chi connectivity index (χ0) is 31.4. The van der Waals surface area contributed by atoms with Crippen LogP contribution in [0.25, 0.3) is 0 Å². The van der Waals surface area contributed by atoms with E-state index in [0.717, 1.165) is 50.7 Å². The molecule has 2 heterocycles. The molecule has 1 amide bonds. The third-order valence-electron chi connectivity index (χ3n) is 8.53. The minimum Gasteiger partial charge on any atom is -0.312 e. The summed E-state index contributed by atoms with van der Waals surface area (Å²) >= 11 is 0. The molecule has 0 bridgehead atoms. The Balaban J connectivity index is 1.35. The summed E-state index contributed by atoms with van der Waals surface area (Å²) in [6.07, 6.45) is 8.09. The lowest BCUT2D eigenvalue weighted by atomic mass is 9.90. The molecule has 0 N–H and O–H groups in total. The van der Waals surface area contributed by atoms with Crippen molar-refractivity contribution in [3.05, 3.63) is 54.1 Å². The summed E-state index contributed by atoms with van der Waals surface area (Å²) in [5, 5.41) is 0. The van der Waals surface area contributed by atoms with Gasteiger partial charge >= 0.3 is 0 Å². The predicted molar refractivity (Wildman–Crippen MR) is 168 cm³/mol. The summed E-state index contributed by atoms with van der Waals surface area (Å²) in [6.45, 7) is 3.70. The molecule has 0 atom stereocenters. The minimum absolute atomic E-state index is 0.0978. The van der Waals surface area contributed by atoms with Gasteiger partial charge in [-0.2, -0.15) is 0 Å². The SMILES string of the molecule is CS(=O)(=O)c1ccc(CC2CCN(CCCN(C(=O)C3CCN(S(C)(=O)=O)CC3)c3cccc(S(C)(=O)=O)c3)CC2)cc1. The van der Waals surface area contributed by atoms with Crippen LogP contribution in [0.4, 0.5) is 5.69 Å². The number of hydrogen-bond acceptors (Lipinski definition) is 8. The molecule has 2 aliphatic rings. The average Bonchev–Trinajstić information content (AvgIpc) is 2.95. The molecule has 43 heavy (non-hydrogen) atoms. The largest absolute Gasteiger partial charge is 0.312 e. The fourth-order valence-electron chi connectivity index (χ4n) is 5.98. The van der Waals surface area contributed by atoms with E-state index >= 15 is 0 Å². The highest BCUT2D eigenvalue weighted by atomic mass is 32.2. The molecule has 2 fully saturated rings. The Morgan fingerprint density at radius 1 is 0.791 bits per heavy atom.